The summed E-state index contributed by atoms with van der Waals surface area (Å²) in [5.41, 5.74) is 2.22. The lowest BCUT2D eigenvalue weighted by molar-refractivity contribution is -0.150. The predicted octanol–water partition coefficient (Wildman–Crippen LogP) is 2.15. The molecule has 2 atom stereocenters. The lowest BCUT2D eigenvalue weighted by Gasteiger charge is -2.29. The van der Waals surface area contributed by atoms with Crippen molar-refractivity contribution in [1.29, 1.82) is 0 Å². The van der Waals surface area contributed by atoms with Crippen LogP contribution in [-0.4, -0.2) is 37.7 Å². The number of benzene rings is 1. The molecule has 0 aliphatic carbocycles. The quantitative estimate of drug-likeness (QED) is 0.865. The van der Waals surface area contributed by atoms with Gasteiger partial charge in [0.1, 0.15) is 6.61 Å². The van der Waals surface area contributed by atoms with E-state index in [1.54, 1.807) is 7.11 Å². The Kier molecular flexibility index (Phi) is 5.52. The highest BCUT2D eigenvalue weighted by molar-refractivity contribution is 5.67. The van der Waals surface area contributed by atoms with Crippen LogP contribution >= 0.6 is 0 Å². The van der Waals surface area contributed by atoms with Gasteiger partial charge in [0, 0.05) is 13.5 Å². The zero-order chi connectivity index (χ0) is 14.4. The third-order valence-electron chi connectivity index (χ3n) is 3.43. The minimum Gasteiger partial charge on any atom is -0.480 e. The molecular formula is C15H20O5. The zero-order valence-corrected chi connectivity index (χ0v) is 11.6. The summed E-state index contributed by atoms with van der Waals surface area (Å²) in [5, 5.41) is 8.55. The van der Waals surface area contributed by atoms with Crippen LogP contribution in [0.1, 0.15) is 29.9 Å². The minimum absolute atomic E-state index is 0.138. The van der Waals surface area contributed by atoms with Crippen molar-refractivity contribution >= 4 is 5.97 Å². The molecule has 1 aromatic rings. The molecule has 0 amide bonds. The molecule has 1 saturated heterocycles. The first kappa shape index (κ1) is 15.0. The third-order valence-corrected chi connectivity index (χ3v) is 3.43. The second-order valence-electron chi connectivity index (χ2n) is 4.89. The van der Waals surface area contributed by atoms with E-state index < -0.39 is 5.97 Å². The van der Waals surface area contributed by atoms with E-state index >= 15 is 0 Å². The lowest BCUT2D eigenvalue weighted by Crippen LogP contribution is -2.26. The van der Waals surface area contributed by atoms with Gasteiger partial charge in [0.15, 0.2) is 6.29 Å². The van der Waals surface area contributed by atoms with E-state index in [0.717, 1.165) is 18.4 Å². The molecule has 1 aliphatic rings. The normalized spacial score (nSPS) is 22.6. The Morgan fingerprint density at radius 2 is 2.35 bits per heavy atom. The third kappa shape index (κ3) is 4.30. The molecule has 0 bridgehead atoms. The summed E-state index contributed by atoms with van der Waals surface area (Å²) in [7, 11) is 1.66. The number of rotatable bonds is 6. The molecule has 0 spiro atoms. The van der Waals surface area contributed by atoms with Gasteiger partial charge in [-0.2, -0.15) is 0 Å². The molecule has 110 valence electrons. The molecule has 5 nitrogen and oxygen atoms in total. The summed E-state index contributed by atoms with van der Waals surface area (Å²) in [6.07, 6.45) is 1.68. The summed E-state index contributed by atoms with van der Waals surface area (Å²) in [6.45, 7) is 0.743. The molecule has 1 fully saturated rings. The van der Waals surface area contributed by atoms with Gasteiger partial charge in [0.2, 0.25) is 0 Å². The van der Waals surface area contributed by atoms with Gasteiger partial charge in [-0.05, 0) is 23.5 Å². The second kappa shape index (κ2) is 7.38. The topological polar surface area (TPSA) is 65.0 Å². The lowest BCUT2D eigenvalue weighted by atomic mass is 9.90. The average Bonchev–Trinajstić information content (AvgIpc) is 2.47. The molecule has 0 aromatic heterocycles. The van der Waals surface area contributed by atoms with Crippen LogP contribution in [0.15, 0.2) is 24.3 Å². The molecule has 20 heavy (non-hydrogen) atoms. The van der Waals surface area contributed by atoms with Crippen LogP contribution in [-0.2, 0) is 25.6 Å². The molecule has 2 rings (SSSR count). The Morgan fingerprint density at radius 1 is 1.50 bits per heavy atom. The second-order valence-corrected chi connectivity index (χ2v) is 4.89. The Bertz CT molecular complexity index is 446. The van der Waals surface area contributed by atoms with Crippen molar-refractivity contribution < 1.29 is 24.1 Å². The number of carbonyl (C=O) groups is 1. The Morgan fingerprint density at radius 3 is 3.10 bits per heavy atom. The van der Waals surface area contributed by atoms with Crippen LogP contribution in [0.3, 0.4) is 0 Å². The Balaban J connectivity index is 1.96. The van der Waals surface area contributed by atoms with Crippen LogP contribution < -0.4 is 0 Å². The van der Waals surface area contributed by atoms with E-state index in [4.69, 9.17) is 19.3 Å². The van der Waals surface area contributed by atoms with Crippen molar-refractivity contribution in [2.45, 2.75) is 31.7 Å². The van der Waals surface area contributed by atoms with E-state index in [0.29, 0.717) is 19.1 Å². The molecule has 0 saturated carbocycles. The van der Waals surface area contributed by atoms with Crippen LogP contribution in [0.25, 0.3) is 0 Å². The van der Waals surface area contributed by atoms with Gasteiger partial charge >= 0.3 is 5.97 Å². The van der Waals surface area contributed by atoms with Crippen LogP contribution in [0.5, 0.6) is 0 Å². The van der Waals surface area contributed by atoms with Gasteiger partial charge in [-0.3, -0.25) is 0 Å². The molecule has 2 unspecified atom stereocenters. The van der Waals surface area contributed by atoms with Crippen molar-refractivity contribution in [2.75, 3.05) is 20.3 Å². The van der Waals surface area contributed by atoms with Gasteiger partial charge in [0.25, 0.3) is 0 Å². The van der Waals surface area contributed by atoms with E-state index in [-0.39, 0.29) is 12.9 Å². The predicted molar refractivity (Wildman–Crippen MR) is 72.5 cm³/mol. The van der Waals surface area contributed by atoms with Crippen LogP contribution in [0, 0.1) is 0 Å². The molecule has 1 N–H and O–H groups in total. The van der Waals surface area contributed by atoms with Gasteiger partial charge < -0.3 is 19.3 Å². The van der Waals surface area contributed by atoms with E-state index in [1.165, 1.54) is 5.56 Å². The zero-order valence-electron chi connectivity index (χ0n) is 11.6. The summed E-state index contributed by atoms with van der Waals surface area (Å²) in [6, 6.07) is 8.08. The van der Waals surface area contributed by atoms with Gasteiger partial charge in [-0.1, -0.05) is 24.3 Å². The summed E-state index contributed by atoms with van der Waals surface area (Å²) in [5.74, 6) is -0.540. The molecule has 5 heteroatoms. The van der Waals surface area contributed by atoms with Gasteiger partial charge in [0.05, 0.1) is 13.2 Å². The highest BCUT2D eigenvalue weighted by Gasteiger charge is 2.23. The molecule has 1 aromatic carbocycles. The van der Waals surface area contributed by atoms with E-state index in [2.05, 4.69) is 12.1 Å². The standard InChI is InChI=1S/C15H20O5/c1-18-15-8-13(5-6-20-15)12-4-2-3-11(7-12)9-19-10-14(16)17/h2-4,7,13,15H,5-6,8-10H2,1H3,(H,16,17). The first-order valence-corrected chi connectivity index (χ1v) is 6.72. The van der Waals surface area contributed by atoms with E-state index in [9.17, 15) is 4.79 Å². The van der Waals surface area contributed by atoms with Crippen molar-refractivity contribution in [3.63, 3.8) is 0 Å². The molecular weight excluding hydrogens is 260 g/mol. The fourth-order valence-electron chi connectivity index (χ4n) is 2.42. The van der Waals surface area contributed by atoms with Gasteiger partial charge in [-0.15, -0.1) is 0 Å². The first-order chi connectivity index (χ1) is 9.69. The molecule has 1 heterocycles. The average molecular weight is 280 g/mol. The highest BCUT2D eigenvalue weighted by atomic mass is 16.7. The fraction of sp³-hybridized carbons (Fsp3) is 0.533. The SMILES string of the molecule is COC1CC(c2cccc(COCC(=O)O)c2)CCO1. The van der Waals surface area contributed by atoms with Crippen molar-refractivity contribution in [1.82, 2.24) is 0 Å². The minimum atomic E-state index is -0.950. The Labute approximate surface area is 118 Å². The number of methoxy groups -OCH3 is 1. The largest absolute Gasteiger partial charge is 0.480 e. The van der Waals surface area contributed by atoms with Crippen molar-refractivity contribution in [2.24, 2.45) is 0 Å². The number of hydrogen-bond donors (Lipinski definition) is 1. The van der Waals surface area contributed by atoms with Crippen LogP contribution in [0.2, 0.25) is 0 Å². The summed E-state index contributed by atoms with van der Waals surface area (Å²) in [4.78, 5) is 10.4. The van der Waals surface area contributed by atoms with Crippen molar-refractivity contribution in [3.05, 3.63) is 35.4 Å². The number of carboxylic acid groups (broad SMARTS) is 1. The number of aliphatic carboxylic acids is 1. The van der Waals surface area contributed by atoms with Crippen molar-refractivity contribution in [3.8, 4) is 0 Å². The maximum absolute atomic E-state index is 10.4. The fourth-order valence-corrected chi connectivity index (χ4v) is 2.42. The first-order valence-electron chi connectivity index (χ1n) is 6.72. The number of ether oxygens (including phenoxy) is 3. The number of hydrogen-bond acceptors (Lipinski definition) is 4. The van der Waals surface area contributed by atoms with Crippen LogP contribution in [0.4, 0.5) is 0 Å². The Hall–Kier alpha value is -1.43. The number of carboxylic acids is 1. The molecule has 1 aliphatic heterocycles. The monoisotopic (exact) mass is 280 g/mol. The highest BCUT2D eigenvalue weighted by Crippen LogP contribution is 2.30. The summed E-state index contributed by atoms with van der Waals surface area (Å²) < 4.78 is 15.9. The summed E-state index contributed by atoms with van der Waals surface area (Å²) >= 11 is 0. The molecule has 0 radical (unpaired) electrons. The maximum Gasteiger partial charge on any atom is 0.329 e. The van der Waals surface area contributed by atoms with Gasteiger partial charge in [-0.25, -0.2) is 4.79 Å². The van der Waals surface area contributed by atoms with E-state index in [1.807, 2.05) is 12.1 Å². The smallest absolute Gasteiger partial charge is 0.329 e. The maximum atomic E-state index is 10.4.